The zero-order chi connectivity index (χ0) is 21.5. The van der Waals surface area contributed by atoms with Gasteiger partial charge in [0.1, 0.15) is 0 Å². The van der Waals surface area contributed by atoms with Crippen molar-refractivity contribution in [3.05, 3.63) is 47.5 Å². The maximum atomic E-state index is 11.8. The van der Waals surface area contributed by atoms with E-state index in [2.05, 4.69) is 21.1 Å². The van der Waals surface area contributed by atoms with Crippen LogP contribution in [0.25, 0.3) is 0 Å². The van der Waals surface area contributed by atoms with E-state index < -0.39 is 0 Å². The number of fused-ring (bicyclic) bond motifs is 2. The van der Waals surface area contributed by atoms with Crippen LogP contribution in [0.5, 0.6) is 23.0 Å². The molecule has 10 heteroatoms. The standard InChI is InChI=1S/C21H20N4O6/c26-20(24-22-10-14-4-6-16-18(8-14)30-12-28-16)2-1-3-21(27)25-23-11-15-5-7-17-19(9-15)31-13-29-17/h4-11H,1-3,12-13H2,(H,24,26)(H,25,27)/b22-10+,23-11?. The third kappa shape index (κ3) is 5.50. The van der Waals surface area contributed by atoms with E-state index in [1.54, 1.807) is 36.4 Å². The minimum Gasteiger partial charge on any atom is -0.454 e. The van der Waals surface area contributed by atoms with E-state index in [9.17, 15) is 9.59 Å². The number of nitrogens with one attached hydrogen (secondary N) is 2. The number of hydrazone groups is 2. The highest BCUT2D eigenvalue weighted by molar-refractivity contribution is 5.84. The number of hydrogen-bond donors (Lipinski definition) is 2. The topological polar surface area (TPSA) is 120 Å². The molecular formula is C21H20N4O6. The molecule has 4 rings (SSSR count). The summed E-state index contributed by atoms with van der Waals surface area (Å²) < 4.78 is 21.0. The van der Waals surface area contributed by atoms with Gasteiger partial charge in [-0.05, 0) is 53.9 Å². The summed E-state index contributed by atoms with van der Waals surface area (Å²) in [5.41, 5.74) is 6.40. The largest absolute Gasteiger partial charge is 0.454 e. The summed E-state index contributed by atoms with van der Waals surface area (Å²) in [6.07, 6.45) is 3.72. The molecule has 0 aromatic heterocycles. The smallest absolute Gasteiger partial charge is 0.240 e. The number of nitrogens with zero attached hydrogens (tertiary/aromatic N) is 2. The van der Waals surface area contributed by atoms with Crippen molar-refractivity contribution in [2.24, 2.45) is 10.2 Å². The third-order valence-corrected chi connectivity index (χ3v) is 4.41. The van der Waals surface area contributed by atoms with Crippen molar-refractivity contribution < 1.29 is 28.5 Å². The summed E-state index contributed by atoms with van der Waals surface area (Å²) >= 11 is 0. The lowest BCUT2D eigenvalue weighted by molar-refractivity contribution is -0.122. The molecule has 0 unspecified atom stereocenters. The molecule has 31 heavy (non-hydrogen) atoms. The van der Waals surface area contributed by atoms with E-state index in [0.717, 1.165) is 11.1 Å². The van der Waals surface area contributed by atoms with Crippen LogP contribution in [-0.4, -0.2) is 37.8 Å². The van der Waals surface area contributed by atoms with Crippen LogP contribution >= 0.6 is 0 Å². The minimum atomic E-state index is -0.284. The lowest BCUT2D eigenvalue weighted by atomic mass is 10.2. The zero-order valence-corrected chi connectivity index (χ0v) is 16.5. The van der Waals surface area contributed by atoms with Crippen LogP contribution in [0.15, 0.2) is 46.6 Å². The van der Waals surface area contributed by atoms with Gasteiger partial charge in [0.25, 0.3) is 0 Å². The quantitative estimate of drug-likeness (QED) is 0.494. The summed E-state index contributed by atoms with van der Waals surface area (Å²) in [5, 5.41) is 7.82. The molecule has 0 saturated carbocycles. The second-order valence-electron chi connectivity index (χ2n) is 6.67. The van der Waals surface area contributed by atoms with Gasteiger partial charge in [0.05, 0.1) is 12.4 Å². The average molecular weight is 424 g/mol. The molecule has 0 atom stereocenters. The Morgan fingerprint density at radius 1 is 0.742 bits per heavy atom. The van der Waals surface area contributed by atoms with Crippen molar-refractivity contribution in [2.45, 2.75) is 19.3 Å². The van der Waals surface area contributed by atoms with Gasteiger partial charge in [-0.15, -0.1) is 0 Å². The maximum absolute atomic E-state index is 11.8. The lowest BCUT2D eigenvalue weighted by Crippen LogP contribution is -2.20. The summed E-state index contributed by atoms with van der Waals surface area (Å²) in [4.78, 5) is 23.7. The van der Waals surface area contributed by atoms with Gasteiger partial charge in [0.2, 0.25) is 25.4 Å². The fraction of sp³-hybridized carbons (Fsp3) is 0.238. The molecule has 0 spiro atoms. The Hall–Kier alpha value is -4.08. The monoisotopic (exact) mass is 424 g/mol. The highest BCUT2D eigenvalue weighted by atomic mass is 16.7. The SMILES string of the molecule is O=C(CCCC(=O)N/N=C/c1ccc2c(c1)OCO2)NN=Cc1ccc2c(c1)OCO2. The highest BCUT2D eigenvalue weighted by Crippen LogP contribution is 2.32. The molecule has 0 radical (unpaired) electrons. The van der Waals surface area contributed by atoms with Crippen molar-refractivity contribution in [1.82, 2.24) is 10.9 Å². The molecule has 2 N–H and O–H groups in total. The van der Waals surface area contributed by atoms with Crippen LogP contribution in [0.4, 0.5) is 0 Å². The molecule has 2 aliphatic heterocycles. The van der Waals surface area contributed by atoms with E-state index >= 15 is 0 Å². The van der Waals surface area contributed by atoms with Gasteiger partial charge in [-0.3, -0.25) is 9.59 Å². The first-order valence-electron chi connectivity index (χ1n) is 9.60. The molecule has 160 valence electrons. The first-order chi connectivity index (χ1) is 15.2. The molecule has 2 amide bonds. The van der Waals surface area contributed by atoms with Crippen LogP contribution in [0.3, 0.4) is 0 Å². The molecule has 0 bridgehead atoms. The number of hydrogen-bond acceptors (Lipinski definition) is 8. The number of rotatable bonds is 8. The van der Waals surface area contributed by atoms with Crippen LogP contribution in [0.2, 0.25) is 0 Å². The zero-order valence-electron chi connectivity index (χ0n) is 16.5. The average Bonchev–Trinajstić information content (AvgIpc) is 3.42. The Labute approximate surface area is 177 Å². The van der Waals surface area contributed by atoms with Crippen LogP contribution < -0.4 is 29.8 Å². The molecule has 0 fully saturated rings. The maximum Gasteiger partial charge on any atom is 0.240 e. The minimum absolute atomic E-state index is 0.164. The molecule has 2 aliphatic rings. The van der Waals surface area contributed by atoms with Crippen LogP contribution in [0, 0.1) is 0 Å². The van der Waals surface area contributed by atoms with Gasteiger partial charge in [0.15, 0.2) is 23.0 Å². The van der Waals surface area contributed by atoms with Gasteiger partial charge >= 0.3 is 0 Å². The Balaban J connectivity index is 1.13. The van der Waals surface area contributed by atoms with Crippen molar-refractivity contribution in [1.29, 1.82) is 0 Å². The Morgan fingerprint density at radius 3 is 1.68 bits per heavy atom. The van der Waals surface area contributed by atoms with E-state index in [1.807, 2.05) is 0 Å². The van der Waals surface area contributed by atoms with Gasteiger partial charge in [-0.1, -0.05) is 0 Å². The first kappa shape index (κ1) is 20.2. The number of benzene rings is 2. The number of carbonyl (C=O) groups is 2. The van der Waals surface area contributed by atoms with Crippen LogP contribution in [0.1, 0.15) is 30.4 Å². The van der Waals surface area contributed by atoms with Crippen molar-refractivity contribution in [3.63, 3.8) is 0 Å². The third-order valence-electron chi connectivity index (χ3n) is 4.41. The normalized spacial score (nSPS) is 13.7. The van der Waals surface area contributed by atoms with Crippen molar-refractivity contribution >= 4 is 24.2 Å². The fourth-order valence-electron chi connectivity index (χ4n) is 2.87. The van der Waals surface area contributed by atoms with Gasteiger partial charge < -0.3 is 18.9 Å². The predicted molar refractivity (Wildman–Crippen MR) is 110 cm³/mol. The highest BCUT2D eigenvalue weighted by Gasteiger charge is 2.13. The fourth-order valence-corrected chi connectivity index (χ4v) is 2.87. The van der Waals surface area contributed by atoms with E-state index in [0.29, 0.717) is 29.4 Å². The predicted octanol–water partition coefficient (Wildman–Crippen LogP) is 1.91. The number of amides is 2. The Morgan fingerprint density at radius 2 is 1.19 bits per heavy atom. The number of carbonyl (C=O) groups excluding carboxylic acids is 2. The molecule has 0 saturated heterocycles. The summed E-state index contributed by atoms with van der Waals surface area (Å²) in [6, 6.07) is 10.7. The van der Waals surface area contributed by atoms with Crippen molar-refractivity contribution in [3.8, 4) is 23.0 Å². The molecule has 0 aliphatic carbocycles. The summed E-state index contributed by atoms with van der Waals surface area (Å²) in [6.45, 7) is 0.397. The second-order valence-corrected chi connectivity index (χ2v) is 6.67. The molecule has 2 aromatic carbocycles. The molecular weight excluding hydrogens is 404 g/mol. The number of ether oxygens (including phenoxy) is 4. The van der Waals surface area contributed by atoms with Gasteiger partial charge in [-0.25, -0.2) is 10.9 Å². The van der Waals surface area contributed by atoms with Crippen LogP contribution in [-0.2, 0) is 9.59 Å². The first-order valence-corrected chi connectivity index (χ1v) is 9.60. The molecule has 10 nitrogen and oxygen atoms in total. The molecule has 2 heterocycles. The van der Waals surface area contributed by atoms with Crippen molar-refractivity contribution in [2.75, 3.05) is 13.6 Å². The van der Waals surface area contributed by atoms with Gasteiger partial charge in [-0.2, -0.15) is 10.2 Å². The lowest BCUT2D eigenvalue weighted by Gasteiger charge is -2.01. The molecule has 2 aromatic rings. The Bertz CT molecular complexity index is 955. The van der Waals surface area contributed by atoms with E-state index in [4.69, 9.17) is 18.9 Å². The van der Waals surface area contributed by atoms with E-state index in [1.165, 1.54) is 12.4 Å². The van der Waals surface area contributed by atoms with Gasteiger partial charge in [0, 0.05) is 12.8 Å². The Kier molecular flexibility index (Phi) is 6.26. The summed E-state index contributed by atoms with van der Waals surface area (Å²) in [7, 11) is 0. The van der Waals surface area contributed by atoms with E-state index in [-0.39, 0.29) is 38.2 Å². The summed E-state index contributed by atoms with van der Waals surface area (Å²) in [5.74, 6) is 2.08. The second kappa shape index (κ2) is 9.61.